The lowest BCUT2D eigenvalue weighted by molar-refractivity contribution is -0.113. The number of hydrogen-bond acceptors (Lipinski definition) is 4. The maximum Gasteiger partial charge on any atom is 0.234 e. The number of rotatable bonds is 7. The molecule has 5 nitrogen and oxygen atoms in total. The van der Waals surface area contributed by atoms with Gasteiger partial charge in [-0.15, -0.1) is 16.8 Å². The van der Waals surface area contributed by atoms with E-state index in [1.54, 1.807) is 0 Å². The van der Waals surface area contributed by atoms with Crippen LogP contribution in [-0.2, 0) is 11.3 Å². The minimum atomic E-state index is -0.0319. The number of aromatic nitrogens is 3. The number of hydrogen-bond donors (Lipinski definition) is 1. The summed E-state index contributed by atoms with van der Waals surface area (Å²) in [5.41, 5.74) is 3.12. The lowest BCUT2D eigenvalue weighted by atomic mass is 10.1. The highest BCUT2D eigenvalue weighted by Crippen LogP contribution is 2.34. The number of benzene rings is 1. The minimum Gasteiger partial charge on any atom is -0.325 e. The molecule has 1 aromatic carbocycles. The van der Waals surface area contributed by atoms with E-state index in [0.717, 1.165) is 27.8 Å². The third kappa shape index (κ3) is 4.55. The number of anilines is 1. The van der Waals surface area contributed by atoms with Crippen LogP contribution in [0.25, 0.3) is 0 Å². The summed E-state index contributed by atoms with van der Waals surface area (Å²) < 4.78 is 2.11. The molecule has 0 spiro atoms. The van der Waals surface area contributed by atoms with Crippen LogP contribution in [0.3, 0.4) is 0 Å². The number of carbonyl (C=O) groups is 1. The average molecular weight is 371 g/mol. The van der Waals surface area contributed by atoms with Crippen LogP contribution in [0.1, 0.15) is 48.6 Å². The summed E-state index contributed by atoms with van der Waals surface area (Å²) in [6.07, 6.45) is 6.72. The molecule has 1 aromatic heterocycles. The average Bonchev–Trinajstić information content (AvgIpc) is 3.22. The molecule has 3 rings (SSSR count). The first-order valence-corrected chi connectivity index (χ1v) is 10.1. The first-order valence-electron chi connectivity index (χ1n) is 9.11. The van der Waals surface area contributed by atoms with Crippen molar-refractivity contribution in [3.63, 3.8) is 0 Å². The minimum absolute atomic E-state index is 0.0319. The van der Waals surface area contributed by atoms with Crippen LogP contribution < -0.4 is 5.32 Å². The van der Waals surface area contributed by atoms with Gasteiger partial charge in [-0.05, 0) is 49.9 Å². The maximum absolute atomic E-state index is 12.3. The van der Waals surface area contributed by atoms with Gasteiger partial charge in [0.25, 0.3) is 0 Å². The summed E-state index contributed by atoms with van der Waals surface area (Å²) in [7, 11) is 0. The lowest BCUT2D eigenvalue weighted by Crippen LogP contribution is -2.15. The van der Waals surface area contributed by atoms with Crippen molar-refractivity contribution in [3.05, 3.63) is 47.8 Å². The Morgan fingerprint density at radius 1 is 1.27 bits per heavy atom. The molecule has 0 radical (unpaired) electrons. The summed E-state index contributed by atoms with van der Waals surface area (Å²) in [6.45, 7) is 8.58. The van der Waals surface area contributed by atoms with Crippen molar-refractivity contribution in [1.82, 2.24) is 14.8 Å². The van der Waals surface area contributed by atoms with E-state index in [4.69, 9.17) is 0 Å². The van der Waals surface area contributed by atoms with Crippen LogP contribution in [0.5, 0.6) is 0 Å². The van der Waals surface area contributed by atoms with Gasteiger partial charge in [-0.3, -0.25) is 4.79 Å². The van der Waals surface area contributed by atoms with Crippen LogP contribution in [0.2, 0.25) is 0 Å². The van der Waals surface area contributed by atoms with Crippen molar-refractivity contribution in [1.29, 1.82) is 0 Å². The van der Waals surface area contributed by atoms with Crippen molar-refractivity contribution < 1.29 is 4.79 Å². The largest absolute Gasteiger partial charge is 0.325 e. The van der Waals surface area contributed by atoms with Gasteiger partial charge >= 0.3 is 0 Å². The zero-order chi connectivity index (χ0) is 18.5. The Morgan fingerprint density at radius 3 is 2.62 bits per heavy atom. The number of nitrogens with one attached hydrogen (secondary N) is 1. The second-order valence-electron chi connectivity index (χ2n) is 6.93. The molecule has 138 valence electrons. The molecule has 1 fully saturated rings. The van der Waals surface area contributed by atoms with E-state index < -0.39 is 0 Å². The monoisotopic (exact) mass is 370 g/mol. The normalized spacial score (nSPS) is 14.5. The SMILES string of the molecule is C=CCn1c(SCC(=O)Nc2cc(C)cc(C)c2)nnc1C1CCCC1. The van der Waals surface area contributed by atoms with Gasteiger partial charge in [-0.2, -0.15) is 0 Å². The second kappa shape index (κ2) is 8.54. The molecule has 1 aliphatic carbocycles. The molecule has 2 aromatic rings. The van der Waals surface area contributed by atoms with Gasteiger partial charge in [0.1, 0.15) is 5.82 Å². The quantitative estimate of drug-likeness (QED) is 0.577. The van der Waals surface area contributed by atoms with E-state index in [1.165, 1.54) is 37.4 Å². The van der Waals surface area contributed by atoms with Gasteiger partial charge in [-0.1, -0.05) is 36.7 Å². The van der Waals surface area contributed by atoms with Crippen molar-refractivity contribution in [2.24, 2.45) is 0 Å². The number of nitrogens with zero attached hydrogens (tertiary/aromatic N) is 3. The highest BCUT2D eigenvalue weighted by atomic mass is 32.2. The molecule has 0 atom stereocenters. The van der Waals surface area contributed by atoms with Gasteiger partial charge in [-0.25, -0.2) is 0 Å². The zero-order valence-electron chi connectivity index (χ0n) is 15.5. The molecule has 0 unspecified atom stereocenters. The van der Waals surface area contributed by atoms with E-state index in [-0.39, 0.29) is 5.91 Å². The second-order valence-corrected chi connectivity index (χ2v) is 7.88. The predicted octanol–water partition coefficient (Wildman–Crippen LogP) is 4.47. The van der Waals surface area contributed by atoms with Crippen LogP contribution in [-0.4, -0.2) is 26.4 Å². The highest BCUT2D eigenvalue weighted by molar-refractivity contribution is 7.99. The smallest absolute Gasteiger partial charge is 0.234 e. The Kier molecular flexibility index (Phi) is 6.14. The standard InChI is InChI=1S/C20H26N4OS/c1-4-9-24-19(16-7-5-6-8-16)22-23-20(24)26-13-18(25)21-17-11-14(2)10-15(3)12-17/h4,10-12,16H,1,5-9,13H2,2-3H3,(H,21,25). The van der Waals surface area contributed by atoms with E-state index >= 15 is 0 Å². The molecule has 1 amide bonds. The summed E-state index contributed by atoms with van der Waals surface area (Å²) in [5, 5.41) is 12.5. The van der Waals surface area contributed by atoms with Crippen molar-refractivity contribution in [2.75, 3.05) is 11.1 Å². The molecule has 0 aliphatic heterocycles. The molecular formula is C20H26N4OS. The topological polar surface area (TPSA) is 59.8 Å². The first kappa shape index (κ1) is 18.7. The molecule has 0 saturated heterocycles. The Morgan fingerprint density at radius 2 is 1.96 bits per heavy atom. The van der Waals surface area contributed by atoms with Gasteiger partial charge < -0.3 is 9.88 Å². The Bertz CT molecular complexity index is 773. The molecule has 6 heteroatoms. The zero-order valence-corrected chi connectivity index (χ0v) is 16.3. The summed E-state index contributed by atoms with van der Waals surface area (Å²) >= 11 is 1.43. The Hall–Kier alpha value is -2.08. The van der Waals surface area contributed by atoms with Crippen molar-refractivity contribution in [3.8, 4) is 0 Å². The number of allylic oxidation sites excluding steroid dienone is 1. The predicted molar refractivity (Wildman–Crippen MR) is 107 cm³/mol. The Labute approximate surface area is 159 Å². The van der Waals surface area contributed by atoms with E-state index in [9.17, 15) is 4.79 Å². The van der Waals surface area contributed by atoms with Crippen LogP contribution >= 0.6 is 11.8 Å². The van der Waals surface area contributed by atoms with Gasteiger partial charge in [0.05, 0.1) is 5.75 Å². The summed E-state index contributed by atoms with van der Waals surface area (Å²) in [4.78, 5) is 12.3. The molecule has 0 bridgehead atoms. The Balaban J connectivity index is 1.65. The fraction of sp³-hybridized carbons (Fsp3) is 0.450. The van der Waals surface area contributed by atoms with Gasteiger partial charge in [0.15, 0.2) is 5.16 Å². The molecule has 26 heavy (non-hydrogen) atoms. The fourth-order valence-corrected chi connectivity index (χ4v) is 4.32. The van der Waals surface area contributed by atoms with E-state index in [0.29, 0.717) is 18.2 Å². The molecule has 1 N–H and O–H groups in total. The molecule has 1 heterocycles. The van der Waals surface area contributed by atoms with E-state index in [1.807, 2.05) is 32.1 Å². The third-order valence-electron chi connectivity index (χ3n) is 4.62. The first-order chi connectivity index (χ1) is 12.6. The number of aryl methyl sites for hydroxylation is 2. The van der Waals surface area contributed by atoms with Gasteiger partial charge in [0.2, 0.25) is 5.91 Å². The number of amides is 1. The highest BCUT2D eigenvalue weighted by Gasteiger charge is 2.24. The summed E-state index contributed by atoms with van der Waals surface area (Å²) in [5.74, 6) is 1.81. The van der Waals surface area contributed by atoms with Crippen LogP contribution in [0.4, 0.5) is 5.69 Å². The summed E-state index contributed by atoms with van der Waals surface area (Å²) in [6, 6.07) is 6.05. The van der Waals surface area contributed by atoms with E-state index in [2.05, 4.69) is 32.7 Å². The lowest BCUT2D eigenvalue weighted by Gasteiger charge is -2.12. The van der Waals surface area contributed by atoms with Crippen LogP contribution in [0, 0.1) is 13.8 Å². The fourth-order valence-electron chi connectivity index (χ4n) is 3.57. The van der Waals surface area contributed by atoms with Crippen molar-refractivity contribution in [2.45, 2.75) is 57.1 Å². The van der Waals surface area contributed by atoms with Crippen LogP contribution in [0.15, 0.2) is 36.0 Å². The number of thioether (sulfide) groups is 1. The molecule has 1 saturated carbocycles. The molecule has 1 aliphatic rings. The number of carbonyl (C=O) groups excluding carboxylic acids is 1. The van der Waals surface area contributed by atoms with Gasteiger partial charge in [0, 0.05) is 18.2 Å². The maximum atomic E-state index is 12.3. The van der Waals surface area contributed by atoms with Crippen molar-refractivity contribution >= 4 is 23.4 Å². The molecular weight excluding hydrogens is 344 g/mol. The third-order valence-corrected chi connectivity index (χ3v) is 5.58.